The summed E-state index contributed by atoms with van der Waals surface area (Å²) in [4.78, 5) is 25.3. The van der Waals surface area contributed by atoms with Gasteiger partial charge in [0.15, 0.2) is 6.29 Å². The zero-order chi connectivity index (χ0) is 32.3. The summed E-state index contributed by atoms with van der Waals surface area (Å²) < 4.78 is 17.0. The summed E-state index contributed by atoms with van der Waals surface area (Å²) in [5.41, 5.74) is 2.39. The summed E-state index contributed by atoms with van der Waals surface area (Å²) in [6.07, 6.45) is -4.26. The Balaban J connectivity index is 1.38. The van der Waals surface area contributed by atoms with Crippen LogP contribution in [0.1, 0.15) is 36.0 Å². The van der Waals surface area contributed by atoms with Crippen LogP contribution in [0.5, 0.6) is 17.2 Å². The maximum Gasteiger partial charge on any atom is 0.330 e. The molecular formula is C34H38O11. The molecule has 1 saturated heterocycles. The molecule has 11 heteroatoms. The fraction of sp³-hybridized carbons (Fsp3) is 0.353. The van der Waals surface area contributed by atoms with Crippen molar-refractivity contribution in [3.8, 4) is 17.2 Å². The van der Waals surface area contributed by atoms with Crippen LogP contribution < -0.4 is 0 Å². The summed E-state index contributed by atoms with van der Waals surface area (Å²) in [7, 11) is 0. The number of aliphatic hydroxyl groups excluding tert-OH is 3. The van der Waals surface area contributed by atoms with Gasteiger partial charge in [0, 0.05) is 18.9 Å². The second-order valence-corrected chi connectivity index (χ2v) is 10.9. The van der Waals surface area contributed by atoms with Crippen LogP contribution in [0.25, 0.3) is 6.08 Å². The molecule has 0 amide bonds. The minimum atomic E-state index is -1.68. The fourth-order valence-electron chi connectivity index (χ4n) is 4.83. The Morgan fingerprint density at radius 3 is 1.91 bits per heavy atom. The summed E-state index contributed by atoms with van der Waals surface area (Å²) in [5, 5.41) is 60.2. The third-order valence-corrected chi connectivity index (χ3v) is 7.47. The molecule has 0 radical (unpaired) electrons. The minimum Gasteiger partial charge on any atom is -0.508 e. The number of phenolic OH excluding ortho intramolecular Hbond substituents is 3. The molecule has 3 aromatic rings. The lowest BCUT2D eigenvalue weighted by atomic mass is 9.98. The van der Waals surface area contributed by atoms with Gasteiger partial charge in [0.05, 0.1) is 6.10 Å². The van der Waals surface area contributed by atoms with E-state index in [1.165, 1.54) is 18.2 Å². The van der Waals surface area contributed by atoms with Crippen molar-refractivity contribution in [3.63, 3.8) is 0 Å². The van der Waals surface area contributed by atoms with E-state index in [2.05, 4.69) is 0 Å². The van der Waals surface area contributed by atoms with E-state index in [0.717, 1.165) is 17.2 Å². The van der Waals surface area contributed by atoms with Crippen molar-refractivity contribution in [1.29, 1.82) is 0 Å². The topological polar surface area (TPSA) is 183 Å². The summed E-state index contributed by atoms with van der Waals surface area (Å²) >= 11 is 0. The Morgan fingerprint density at radius 2 is 1.31 bits per heavy atom. The van der Waals surface area contributed by atoms with E-state index < -0.39 is 49.4 Å². The lowest BCUT2D eigenvalue weighted by Gasteiger charge is -2.41. The Bertz CT molecular complexity index is 1400. The van der Waals surface area contributed by atoms with Crippen LogP contribution in [-0.4, -0.2) is 85.8 Å². The molecule has 4 rings (SSSR count). The number of carbonyl (C=O) groups is 2. The van der Waals surface area contributed by atoms with Gasteiger partial charge in [-0.1, -0.05) is 36.4 Å². The van der Waals surface area contributed by atoms with Gasteiger partial charge in [-0.2, -0.15) is 0 Å². The Labute approximate surface area is 260 Å². The zero-order valence-corrected chi connectivity index (χ0v) is 24.5. The number of ketones is 1. The number of aromatic hydroxyl groups is 3. The predicted octanol–water partition coefficient (Wildman–Crippen LogP) is 2.78. The molecule has 240 valence electrons. The first-order chi connectivity index (χ1) is 21.6. The van der Waals surface area contributed by atoms with Gasteiger partial charge >= 0.3 is 5.97 Å². The quantitative estimate of drug-likeness (QED) is 0.115. The molecule has 0 saturated carbocycles. The average Bonchev–Trinajstić information content (AvgIpc) is 3.03. The molecule has 6 atom stereocenters. The number of aliphatic hydroxyl groups is 3. The predicted molar refractivity (Wildman–Crippen MR) is 162 cm³/mol. The highest BCUT2D eigenvalue weighted by Gasteiger charge is 2.45. The SMILES string of the molecule is O=C(CCc1ccc(O)cc1)CC(CCc1ccc(O)cc1)O[C@@H]1O[C@H](COC(=O)/C=C/c2ccc(O)cc2)[C@@H](O)[C@H](O)[C@H]1O. The van der Waals surface area contributed by atoms with Gasteiger partial charge in [-0.3, -0.25) is 4.79 Å². The lowest BCUT2D eigenvalue weighted by molar-refractivity contribution is -0.311. The van der Waals surface area contributed by atoms with Crippen LogP contribution in [-0.2, 0) is 36.6 Å². The summed E-state index contributed by atoms with van der Waals surface area (Å²) in [6.45, 7) is -0.451. The third kappa shape index (κ3) is 10.4. The number of phenols is 3. The summed E-state index contributed by atoms with van der Waals surface area (Å²) in [5.74, 6) is -0.537. The van der Waals surface area contributed by atoms with Gasteiger partial charge in [0.25, 0.3) is 0 Å². The molecule has 11 nitrogen and oxygen atoms in total. The number of benzene rings is 3. The molecule has 1 fully saturated rings. The van der Waals surface area contributed by atoms with Gasteiger partial charge in [-0.15, -0.1) is 0 Å². The van der Waals surface area contributed by atoms with Crippen molar-refractivity contribution in [2.45, 2.75) is 68.9 Å². The van der Waals surface area contributed by atoms with Crippen molar-refractivity contribution in [3.05, 3.63) is 95.6 Å². The van der Waals surface area contributed by atoms with Crippen molar-refractivity contribution < 1.29 is 54.4 Å². The third-order valence-electron chi connectivity index (χ3n) is 7.47. The van der Waals surface area contributed by atoms with E-state index in [9.17, 15) is 40.2 Å². The van der Waals surface area contributed by atoms with E-state index in [1.807, 2.05) is 0 Å². The second kappa shape index (κ2) is 16.2. The number of rotatable bonds is 14. The first-order valence-corrected chi connectivity index (χ1v) is 14.6. The van der Waals surface area contributed by atoms with Crippen LogP contribution >= 0.6 is 0 Å². The summed E-state index contributed by atoms with van der Waals surface area (Å²) in [6, 6.07) is 19.3. The smallest absolute Gasteiger partial charge is 0.330 e. The van der Waals surface area contributed by atoms with Crippen LogP contribution in [0, 0.1) is 0 Å². The fourth-order valence-corrected chi connectivity index (χ4v) is 4.83. The number of esters is 1. The molecule has 0 bridgehead atoms. The zero-order valence-electron chi connectivity index (χ0n) is 24.5. The molecule has 0 spiro atoms. The van der Waals surface area contributed by atoms with Gasteiger partial charge < -0.3 is 44.8 Å². The maximum absolute atomic E-state index is 13.0. The van der Waals surface area contributed by atoms with Crippen molar-refractivity contribution >= 4 is 17.8 Å². The van der Waals surface area contributed by atoms with E-state index >= 15 is 0 Å². The largest absolute Gasteiger partial charge is 0.508 e. The highest BCUT2D eigenvalue weighted by atomic mass is 16.7. The van der Waals surface area contributed by atoms with Crippen LogP contribution in [0.2, 0.25) is 0 Å². The van der Waals surface area contributed by atoms with E-state index in [4.69, 9.17) is 14.2 Å². The van der Waals surface area contributed by atoms with Gasteiger partial charge in [-0.25, -0.2) is 4.79 Å². The lowest BCUT2D eigenvalue weighted by Crippen LogP contribution is -2.60. The Hall–Kier alpha value is -4.26. The van der Waals surface area contributed by atoms with Crippen molar-refractivity contribution in [2.24, 2.45) is 0 Å². The standard InChI is InChI=1S/C34H38O11/c35-24-10-1-21(2-11-24)7-16-27(38)19-28(17-8-22-3-12-25(36)13-4-22)44-34-33(42)32(41)31(40)29(45-34)20-43-30(39)18-9-23-5-14-26(37)15-6-23/h1-6,9-15,18,28-29,31-37,40-42H,7-8,16-17,19-20H2/b18-9+/t28?,29-,31-,32+,33-,34-/m1/s1. The van der Waals surface area contributed by atoms with E-state index in [1.54, 1.807) is 60.7 Å². The molecule has 3 aromatic carbocycles. The normalized spacial score (nSPS) is 22.2. The van der Waals surface area contributed by atoms with E-state index in [-0.39, 0.29) is 35.9 Å². The molecule has 1 unspecified atom stereocenters. The van der Waals surface area contributed by atoms with Crippen LogP contribution in [0.4, 0.5) is 0 Å². The van der Waals surface area contributed by atoms with Crippen molar-refractivity contribution in [2.75, 3.05) is 6.61 Å². The number of hydrogen-bond donors (Lipinski definition) is 6. The number of hydrogen-bond acceptors (Lipinski definition) is 11. The van der Waals surface area contributed by atoms with Gasteiger partial charge in [0.2, 0.25) is 0 Å². The Morgan fingerprint density at radius 1 is 0.756 bits per heavy atom. The maximum atomic E-state index is 13.0. The highest BCUT2D eigenvalue weighted by molar-refractivity contribution is 5.87. The van der Waals surface area contributed by atoms with Gasteiger partial charge in [0.1, 0.15) is 54.1 Å². The molecule has 0 aromatic heterocycles. The molecule has 1 aliphatic heterocycles. The van der Waals surface area contributed by atoms with Crippen LogP contribution in [0.3, 0.4) is 0 Å². The molecule has 0 aliphatic carbocycles. The van der Waals surface area contributed by atoms with E-state index in [0.29, 0.717) is 24.8 Å². The molecule has 6 N–H and O–H groups in total. The van der Waals surface area contributed by atoms with Crippen LogP contribution in [0.15, 0.2) is 78.9 Å². The monoisotopic (exact) mass is 622 g/mol. The first kappa shape index (κ1) is 33.6. The molecule has 1 aliphatic rings. The van der Waals surface area contributed by atoms with Gasteiger partial charge in [-0.05, 0) is 78.4 Å². The molecular weight excluding hydrogens is 584 g/mol. The Kier molecular flexibility index (Phi) is 12.1. The number of ether oxygens (including phenoxy) is 3. The molecule has 45 heavy (non-hydrogen) atoms. The minimum absolute atomic E-state index is 0.0247. The average molecular weight is 623 g/mol. The number of Topliss-reactive ketones (excluding diaryl/α,β-unsaturated/α-hetero) is 1. The first-order valence-electron chi connectivity index (χ1n) is 14.6. The highest BCUT2D eigenvalue weighted by Crippen LogP contribution is 2.26. The number of carbonyl (C=O) groups excluding carboxylic acids is 2. The second-order valence-electron chi connectivity index (χ2n) is 10.9. The van der Waals surface area contributed by atoms with Crippen molar-refractivity contribution in [1.82, 2.24) is 0 Å². The molecule has 1 heterocycles. The number of aryl methyl sites for hydroxylation is 2.